The van der Waals surface area contributed by atoms with Gasteiger partial charge < -0.3 is 19.1 Å². The number of aromatic nitrogens is 4. The van der Waals surface area contributed by atoms with Gasteiger partial charge in [-0.2, -0.15) is 4.98 Å². The van der Waals surface area contributed by atoms with Gasteiger partial charge in [0.05, 0.1) is 17.6 Å². The van der Waals surface area contributed by atoms with Crippen LogP contribution in [-0.2, 0) is 11.3 Å². The normalized spacial score (nSPS) is 16.8. The third kappa shape index (κ3) is 3.69. The van der Waals surface area contributed by atoms with Crippen molar-refractivity contribution in [3.63, 3.8) is 0 Å². The van der Waals surface area contributed by atoms with Crippen LogP contribution in [0, 0.1) is 0 Å². The molecule has 3 aromatic rings. The molecule has 2 fully saturated rings. The van der Waals surface area contributed by atoms with E-state index in [-0.39, 0.29) is 5.91 Å². The minimum atomic E-state index is 0.142. The predicted molar refractivity (Wildman–Crippen MR) is 114 cm³/mol. The van der Waals surface area contributed by atoms with Crippen LogP contribution in [-0.4, -0.2) is 63.1 Å². The number of fused-ring (bicyclic) bond motifs is 1. The smallest absolute Gasteiger partial charge is 0.242 e. The third-order valence-corrected chi connectivity index (χ3v) is 5.74. The highest BCUT2D eigenvalue weighted by Gasteiger charge is 2.31. The number of hydrogen-bond acceptors (Lipinski definition) is 6. The van der Waals surface area contributed by atoms with Crippen molar-refractivity contribution in [2.45, 2.75) is 32.2 Å². The Balaban J connectivity index is 1.26. The highest BCUT2D eigenvalue weighted by molar-refractivity contribution is 5.81. The zero-order valence-electron chi connectivity index (χ0n) is 17.2. The summed E-state index contributed by atoms with van der Waals surface area (Å²) in [5.41, 5.74) is 2.02. The SMILES string of the molecule is CCOc1ccnc(N2CCN(C(=O)Cn3c(C4CC4)nc4ccccc43)CC2)n1. The first-order valence-corrected chi connectivity index (χ1v) is 10.7. The Bertz CT molecular complexity index is 1050. The summed E-state index contributed by atoms with van der Waals surface area (Å²) in [5.74, 6) is 2.94. The Kier molecular flexibility index (Phi) is 4.98. The molecule has 8 heteroatoms. The first-order valence-electron chi connectivity index (χ1n) is 10.7. The summed E-state index contributed by atoms with van der Waals surface area (Å²) in [6, 6.07) is 9.86. The number of nitrogens with zero attached hydrogens (tertiary/aromatic N) is 6. The van der Waals surface area contributed by atoms with E-state index >= 15 is 0 Å². The zero-order valence-corrected chi connectivity index (χ0v) is 17.2. The molecule has 1 aliphatic carbocycles. The lowest BCUT2D eigenvalue weighted by molar-refractivity contribution is -0.132. The molecule has 1 amide bonds. The van der Waals surface area contributed by atoms with Gasteiger partial charge in [0.1, 0.15) is 12.4 Å². The van der Waals surface area contributed by atoms with Gasteiger partial charge in [-0.1, -0.05) is 12.1 Å². The lowest BCUT2D eigenvalue weighted by Gasteiger charge is -2.35. The second kappa shape index (κ2) is 7.93. The summed E-state index contributed by atoms with van der Waals surface area (Å²) in [7, 11) is 0. The third-order valence-electron chi connectivity index (χ3n) is 5.74. The molecule has 0 bridgehead atoms. The molecule has 1 aromatic carbocycles. The van der Waals surface area contributed by atoms with Gasteiger partial charge in [0.25, 0.3) is 0 Å². The fraction of sp³-hybridized carbons (Fsp3) is 0.455. The molecule has 0 N–H and O–H groups in total. The van der Waals surface area contributed by atoms with Crippen molar-refractivity contribution < 1.29 is 9.53 Å². The van der Waals surface area contributed by atoms with Crippen LogP contribution in [0.5, 0.6) is 5.88 Å². The van der Waals surface area contributed by atoms with Crippen molar-refractivity contribution in [2.75, 3.05) is 37.7 Å². The van der Waals surface area contributed by atoms with E-state index in [9.17, 15) is 4.79 Å². The molecule has 1 aliphatic heterocycles. The Morgan fingerprint density at radius 1 is 1.10 bits per heavy atom. The highest BCUT2D eigenvalue weighted by atomic mass is 16.5. The molecule has 156 valence electrons. The van der Waals surface area contributed by atoms with Crippen molar-refractivity contribution in [3.8, 4) is 5.88 Å². The zero-order chi connectivity index (χ0) is 20.5. The molecule has 2 aliphatic rings. The molecule has 0 spiro atoms. The fourth-order valence-electron chi connectivity index (χ4n) is 4.02. The molecular formula is C22H26N6O2. The number of benzene rings is 1. The van der Waals surface area contributed by atoms with Crippen molar-refractivity contribution in [1.29, 1.82) is 0 Å². The molecule has 30 heavy (non-hydrogen) atoms. The van der Waals surface area contributed by atoms with Crippen LogP contribution in [0.4, 0.5) is 5.95 Å². The van der Waals surface area contributed by atoms with Crippen LogP contribution in [0.3, 0.4) is 0 Å². The number of carbonyl (C=O) groups is 1. The quantitative estimate of drug-likeness (QED) is 0.626. The molecule has 1 saturated carbocycles. The second-order valence-electron chi connectivity index (χ2n) is 7.81. The summed E-state index contributed by atoms with van der Waals surface area (Å²) in [4.78, 5) is 30.8. The van der Waals surface area contributed by atoms with E-state index in [2.05, 4.69) is 25.5 Å². The Labute approximate surface area is 175 Å². The van der Waals surface area contributed by atoms with E-state index in [0.717, 1.165) is 29.7 Å². The minimum Gasteiger partial charge on any atom is -0.478 e. The molecule has 0 atom stereocenters. The number of carbonyl (C=O) groups excluding carboxylic acids is 1. The van der Waals surface area contributed by atoms with E-state index in [1.807, 2.05) is 30.0 Å². The number of rotatable bonds is 6. The van der Waals surface area contributed by atoms with Gasteiger partial charge in [-0.05, 0) is 31.9 Å². The summed E-state index contributed by atoms with van der Waals surface area (Å²) in [6.07, 6.45) is 4.04. The number of anilines is 1. The summed E-state index contributed by atoms with van der Waals surface area (Å²) in [5, 5.41) is 0. The van der Waals surface area contributed by atoms with Crippen LogP contribution in [0.25, 0.3) is 11.0 Å². The van der Waals surface area contributed by atoms with Gasteiger partial charge in [0.2, 0.25) is 17.7 Å². The fourth-order valence-corrected chi connectivity index (χ4v) is 4.02. The number of amides is 1. The number of hydrogen-bond donors (Lipinski definition) is 0. The van der Waals surface area contributed by atoms with Crippen LogP contribution in [0.15, 0.2) is 36.5 Å². The Morgan fingerprint density at radius 2 is 1.90 bits per heavy atom. The molecule has 3 heterocycles. The monoisotopic (exact) mass is 406 g/mol. The lowest BCUT2D eigenvalue weighted by Crippen LogP contribution is -2.50. The van der Waals surface area contributed by atoms with Gasteiger partial charge in [-0.15, -0.1) is 0 Å². The first-order chi connectivity index (χ1) is 14.7. The van der Waals surface area contributed by atoms with E-state index in [1.54, 1.807) is 12.3 Å². The molecule has 0 unspecified atom stereocenters. The number of imidazole rings is 1. The van der Waals surface area contributed by atoms with Crippen molar-refractivity contribution >= 4 is 22.9 Å². The number of para-hydroxylation sites is 2. The summed E-state index contributed by atoms with van der Waals surface area (Å²) < 4.78 is 7.60. The van der Waals surface area contributed by atoms with E-state index in [0.29, 0.717) is 57.1 Å². The van der Waals surface area contributed by atoms with E-state index in [4.69, 9.17) is 9.72 Å². The van der Waals surface area contributed by atoms with Crippen LogP contribution in [0.2, 0.25) is 0 Å². The maximum atomic E-state index is 13.1. The molecule has 0 radical (unpaired) electrons. The topological polar surface area (TPSA) is 76.4 Å². The maximum Gasteiger partial charge on any atom is 0.242 e. The largest absolute Gasteiger partial charge is 0.478 e. The Hall–Kier alpha value is -3.16. The van der Waals surface area contributed by atoms with Crippen molar-refractivity contribution in [3.05, 3.63) is 42.4 Å². The summed E-state index contributed by atoms with van der Waals surface area (Å²) >= 11 is 0. The van der Waals surface area contributed by atoms with Gasteiger partial charge in [-0.3, -0.25) is 4.79 Å². The van der Waals surface area contributed by atoms with Crippen molar-refractivity contribution in [1.82, 2.24) is 24.4 Å². The predicted octanol–water partition coefficient (Wildman–Crippen LogP) is 2.45. The molecule has 5 rings (SSSR count). The maximum absolute atomic E-state index is 13.1. The average molecular weight is 406 g/mol. The minimum absolute atomic E-state index is 0.142. The molecule has 2 aromatic heterocycles. The lowest BCUT2D eigenvalue weighted by atomic mass is 10.3. The van der Waals surface area contributed by atoms with Gasteiger partial charge in [-0.25, -0.2) is 9.97 Å². The second-order valence-corrected chi connectivity index (χ2v) is 7.81. The summed E-state index contributed by atoms with van der Waals surface area (Å²) in [6.45, 7) is 5.60. The van der Waals surface area contributed by atoms with Gasteiger partial charge in [0, 0.05) is 44.4 Å². The van der Waals surface area contributed by atoms with Crippen LogP contribution < -0.4 is 9.64 Å². The number of ether oxygens (including phenoxy) is 1. The standard InChI is InChI=1S/C22H26N6O2/c1-2-30-19-9-10-23-22(25-19)27-13-11-26(12-14-27)20(29)15-28-18-6-4-3-5-17(18)24-21(28)16-7-8-16/h3-6,9-10,16H,2,7-8,11-15H2,1H3. The Morgan fingerprint density at radius 3 is 2.67 bits per heavy atom. The van der Waals surface area contributed by atoms with Gasteiger partial charge >= 0.3 is 0 Å². The molecule has 1 saturated heterocycles. The molecule has 8 nitrogen and oxygen atoms in total. The molecular weight excluding hydrogens is 380 g/mol. The van der Waals surface area contributed by atoms with E-state index in [1.165, 1.54) is 0 Å². The average Bonchev–Trinajstić information content (AvgIpc) is 3.57. The number of piperazine rings is 1. The first kappa shape index (κ1) is 18.8. The van der Waals surface area contributed by atoms with Crippen LogP contribution in [0.1, 0.15) is 31.5 Å². The van der Waals surface area contributed by atoms with Gasteiger partial charge in [0.15, 0.2) is 0 Å². The highest BCUT2D eigenvalue weighted by Crippen LogP contribution is 2.40. The van der Waals surface area contributed by atoms with E-state index < -0.39 is 0 Å². The van der Waals surface area contributed by atoms with Crippen LogP contribution >= 0.6 is 0 Å². The van der Waals surface area contributed by atoms with Crippen molar-refractivity contribution in [2.24, 2.45) is 0 Å².